The molecule has 0 bridgehead atoms. The minimum atomic E-state index is -5.00. The van der Waals surface area contributed by atoms with Crippen molar-refractivity contribution in [3.63, 3.8) is 0 Å². The highest BCUT2D eigenvalue weighted by Gasteiger charge is 2.35. The number of hydrogen-bond donors (Lipinski definition) is 5. The highest BCUT2D eigenvalue weighted by atomic mass is 35.5. The molecule has 8 rings (SSSR count). The topological polar surface area (TPSA) is 241 Å². The summed E-state index contributed by atoms with van der Waals surface area (Å²) in [5, 5.41) is 21.1. The van der Waals surface area contributed by atoms with E-state index in [-0.39, 0.29) is 66.2 Å². The molecular weight excluding hydrogens is 1020 g/mol. The molecule has 0 aliphatic heterocycles. The standard InChI is InChI=1S/C52H44Cl2N6O11S2/c1-31(61)57-34-15-9-13-32(25-34)46(40-27-42(53)38-21-11-23-55-48(38)50(40)63)59-52(64)44(70-37-19-7-4-8-20-37)30-73(67,68)71-51-41(28-43(54)39-22-12-24-56-49(39)51)47(33-14-10-16-35(26-33)60-72(2,65)66)58-45(62)29-69-36-17-5-3-6-18-36/h3-28,44,46-47,60,63H,29-30H2,1-2H3,(H,57,61)(H,58,62)(H,59,64). The van der Waals surface area contributed by atoms with E-state index in [2.05, 4.69) is 30.6 Å². The zero-order chi connectivity index (χ0) is 51.9. The van der Waals surface area contributed by atoms with Crippen LogP contribution < -0.4 is 34.3 Å². The van der Waals surface area contributed by atoms with Gasteiger partial charge in [0.2, 0.25) is 15.9 Å². The molecular formula is C52H44Cl2N6O11S2. The quantitative estimate of drug-likeness (QED) is 0.0478. The van der Waals surface area contributed by atoms with Crippen molar-refractivity contribution >= 4 is 94.2 Å². The number of phenols is 1. The Morgan fingerprint density at radius 1 is 0.658 bits per heavy atom. The number of sulfonamides is 1. The van der Waals surface area contributed by atoms with E-state index in [1.165, 1.54) is 61.8 Å². The second-order valence-electron chi connectivity index (χ2n) is 16.4. The number of amides is 3. The molecule has 0 radical (unpaired) electrons. The van der Waals surface area contributed by atoms with Gasteiger partial charge in [0.15, 0.2) is 18.5 Å². The first kappa shape index (κ1) is 51.4. The molecule has 2 heterocycles. The highest BCUT2D eigenvalue weighted by Crippen LogP contribution is 2.42. The lowest BCUT2D eigenvalue weighted by Gasteiger charge is -2.26. The largest absolute Gasteiger partial charge is 0.505 e. The van der Waals surface area contributed by atoms with Crippen molar-refractivity contribution in [1.29, 1.82) is 0 Å². The van der Waals surface area contributed by atoms with Crippen molar-refractivity contribution in [2.24, 2.45) is 0 Å². The lowest BCUT2D eigenvalue weighted by molar-refractivity contribution is -0.127. The van der Waals surface area contributed by atoms with Crippen LogP contribution in [0.5, 0.6) is 23.0 Å². The van der Waals surface area contributed by atoms with Crippen LogP contribution in [0.3, 0.4) is 0 Å². The van der Waals surface area contributed by atoms with Gasteiger partial charge in [-0.1, -0.05) is 83.9 Å². The predicted octanol–water partition coefficient (Wildman–Crippen LogP) is 8.47. The minimum absolute atomic E-state index is 0.0364. The molecule has 0 saturated heterocycles. The molecule has 0 aliphatic carbocycles. The first-order valence-corrected chi connectivity index (χ1v) is 26.3. The normalized spacial score (nSPS) is 12.8. The molecule has 3 unspecified atom stereocenters. The summed E-state index contributed by atoms with van der Waals surface area (Å²) in [6, 6.07) is 35.6. The van der Waals surface area contributed by atoms with Crippen LogP contribution >= 0.6 is 23.2 Å². The van der Waals surface area contributed by atoms with Crippen molar-refractivity contribution in [2.75, 3.05) is 28.7 Å². The van der Waals surface area contributed by atoms with Crippen molar-refractivity contribution < 1.29 is 50.0 Å². The van der Waals surface area contributed by atoms with Crippen LogP contribution in [0.4, 0.5) is 11.4 Å². The third-order valence-electron chi connectivity index (χ3n) is 10.9. The van der Waals surface area contributed by atoms with Gasteiger partial charge in [-0.05, 0) is 96.1 Å². The molecule has 6 aromatic carbocycles. The Bertz CT molecular complexity index is 3600. The van der Waals surface area contributed by atoms with Gasteiger partial charge in [-0.2, -0.15) is 8.42 Å². The maximum absolute atomic E-state index is 14.9. The number of pyridine rings is 2. The van der Waals surface area contributed by atoms with E-state index >= 15 is 0 Å². The molecule has 5 N–H and O–H groups in total. The van der Waals surface area contributed by atoms with Gasteiger partial charge < -0.3 is 34.7 Å². The fraction of sp³-hybridized carbons (Fsp3) is 0.135. The molecule has 21 heteroatoms. The van der Waals surface area contributed by atoms with Crippen LogP contribution in [-0.2, 0) is 34.5 Å². The molecule has 3 amide bonds. The third kappa shape index (κ3) is 12.9. The molecule has 374 valence electrons. The third-order valence-corrected chi connectivity index (χ3v) is 13.3. The molecule has 73 heavy (non-hydrogen) atoms. The first-order valence-electron chi connectivity index (χ1n) is 22.1. The monoisotopic (exact) mass is 1060 g/mol. The fourth-order valence-electron chi connectivity index (χ4n) is 7.88. The second-order valence-corrected chi connectivity index (χ2v) is 20.6. The second kappa shape index (κ2) is 22.2. The number of rotatable bonds is 19. The Balaban J connectivity index is 1.21. The van der Waals surface area contributed by atoms with Crippen LogP contribution in [0.1, 0.15) is 41.3 Å². The number of anilines is 2. The van der Waals surface area contributed by atoms with E-state index in [0.717, 1.165) is 6.26 Å². The first-order chi connectivity index (χ1) is 34.9. The molecule has 0 aliphatic rings. The van der Waals surface area contributed by atoms with Crippen LogP contribution in [0.2, 0.25) is 10.0 Å². The van der Waals surface area contributed by atoms with Crippen molar-refractivity contribution in [1.82, 2.24) is 20.6 Å². The number of aromatic hydroxyl groups is 1. The predicted molar refractivity (Wildman–Crippen MR) is 278 cm³/mol. The van der Waals surface area contributed by atoms with Crippen LogP contribution in [-0.4, -0.2) is 74.4 Å². The molecule has 3 atom stereocenters. The number of nitrogens with zero attached hydrogens (tertiary/aromatic N) is 2. The summed E-state index contributed by atoms with van der Waals surface area (Å²) in [4.78, 5) is 49.6. The summed E-state index contributed by atoms with van der Waals surface area (Å²) in [5.74, 6) is -3.46. The maximum atomic E-state index is 14.9. The van der Waals surface area contributed by atoms with Crippen LogP contribution in [0.25, 0.3) is 21.8 Å². The summed E-state index contributed by atoms with van der Waals surface area (Å²) in [6.07, 6.45) is 1.91. The summed E-state index contributed by atoms with van der Waals surface area (Å²) < 4.78 is 74.7. The van der Waals surface area contributed by atoms with Crippen LogP contribution in [0.15, 0.2) is 158 Å². The molecule has 0 saturated carbocycles. The maximum Gasteiger partial charge on any atom is 0.313 e. The number of phenolic OH excluding ortho intramolecular Hbond substituents is 1. The van der Waals surface area contributed by atoms with Gasteiger partial charge in [0.05, 0.1) is 28.4 Å². The number of benzene rings is 6. The molecule has 17 nitrogen and oxygen atoms in total. The summed E-state index contributed by atoms with van der Waals surface area (Å²) >= 11 is 13.6. The molecule has 0 fully saturated rings. The van der Waals surface area contributed by atoms with Crippen LogP contribution in [0, 0.1) is 0 Å². The number of carbonyl (C=O) groups is 3. The van der Waals surface area contributed by atoms with Crippen molar-refractivity contribution in [2.45, 2.75) is 25.1 Å². The Morgan fingerprint density at radius 2 is 1.22 bits per heavy atom. The van der Waals surface area contributed by atoms with Gasteiger partial charge in [-0.15, -0.1) is 0 Å². The zero-order valence-electron chi connectivity index (χ0n) is 38.7. The zero-order valence-corrected chi connectivity index (χ0v) is 41.8. The number of hydrogen-bond acceptors (Lipinski definition) is 13. The van der Waals surface area contributed by atoms with E-state index in [1.54, 1.807) is 103 Å². The number of para-hydroxylation sites is 2. The Labute approximate surface area is 429 Å². The lowest BCUT2D eigenvalue weighted by atomic mass is 9.95. The molecule has 0 spiro atoms. The number of carbonyl (C=O) groups excluding carboxylic acids is 3. The van der Waals surface area contributed by atoms with Gasteiger partial charge in [0, 0.05) is 52.6 Å². The fourth-order valence-corrected chi connectivity index (χ4v) is 10.1. The van der Waals surface area contributed by atoms with Gasteiger partial charge in [-0.3, -0.25) is 29.1 Å². The molecule has 8 aromatic rings. The smallest absolute Gasteiger partial charge is 0.313 e. The summed E-state index contributed by atoms with van der Waals surface area (Å²) in [6.45, 7) is 0.823. The van der Waals surface area contributed by atoms with E-state index < -0.39 is 68.3 Å². The van der Waals surface area contributed by atoms with Gasteiger partial charge in [0.1, 0.15) is 34.0 Å². The van der Waals surface area contributed by atoms with E-state index in [9.17, 15) is 36.3 Å². The average Bonchev–Trinajstić information content (AvgIpc) is 3.36. The van der Waals surface area contributed by atoms with E-state index in [0.29, 0.717) is 22.4 Å². The summed E-state index contributed by atoms with van der Waals surface area (Å²) in [7, 11) is -8.79. The number of nitrogens with one attached hydrogen (secondary N) is 4. The van der Waals surface area contributed by atoms with Crippen molar-refractivity contribution in [3.8, 4) is 23.0 Å². The average molecular weight is 1060 g/mol. The minimum Gasteiger partial charge on any atom is -0.505 e. The Kier molecular flexibility index (Phi) is 15.6. The number of halogens is 2. The van der Waals surface area contributed by atoms with Gasteiger partial charge in [0.25, 0.3) is 11.8 Å². The van der Waals surface area contributed by atoms with E-state index in [4.69, 9.17) is 36.9 Å². The van der Waals surface area contributed by atoms with E-state index in [1.807, 2.05) is 0 Å². The number of aromatic nitrogens is 2. The Morgan fingerprint density at radius 3 is 1.85 bits per heavy atom. The Hall–Kier alpha value is -7.97. The summed E-state index contributed by atoms with van der Waals surface area (Å²) in [5.41, 5.74) is 1.14. The number of ether oxygens (including phenoxy) is 2. The lowest BCUT2D eigenvalue weighted by Crippen LogP contribution is -2.45. The van der Waals surface area contributed by atoms with Gasteiger partial charge >= 0.3 is 10.1 Å². The number of fused-ring (bicyclic) bond motifs is 2. The van der Waals surface area contributed by atoms with Crippen molar-refractivity contribution in [3.05, 3.63) is 190 Å². The molecule has 2 aromatic heterocycles. The SMILES string of the molecule is CC(=O)Nc1cccc(C(NC(=O)C(CS(=O)(=O)Oc2c(C(NC(=O)COc3ccccc3)c3cccc(NS(C)(=O)=O)c3)cc(Cl)c3cccnc23)Oc2ccccc2)c2cc(Cl)c3cccnc3c2O)c1. The van der Waals surface area contributed by atoms with Gasteiger partial charge in [-0.25, -0.2) is 8.42 Å². The highest BCUT2D eigenvalue weighted by molar-refractivity contribution is 7.92.